The zero-order chi connectivity index (χ0) is 21.7. The topological polar surface area (TPSA) is 35.6 Å². The Morgan fingerprint density at radius 2 is 1.67 bits per heavy atom. The number of amides is 1. The number of hydrogen-bond acceptors (Lipinski definition) is 3. The number of likely N-dealkylation sites (N-methyl/N-ethyl adjacent to an activating group) is 1. The van der Waals surface area contributed by atoms with Gasteiger partial charge in [0.15, 0.2) is 0 Å². The van der Waals surface area contributed by atoms with Crippen LogP contribution in [0.4, 0.5) is 15.8 Å². The van der Waals surface area contributed by atoms with Crippen LogP contribution in [0.5, 0.6) is 0 Å². The largest absolute Gasteiger partial charge is 0.369 e. The molecule has 1 amide bonds. The van der Waals surface area contributed by atoms with Crippen LogP contribution in [0.1, 0.15) is 45.6 Å². The van der Waals surface area contributed by atoms with Crippen LogP contribution < -0.4 is 15.1 Å². The molecule has 0 aromatic heterocycles. The third-order valence-electron chi connectivity index (χ3n) is 5.70. The number of carbonyl (C=O) groups is 1. The number of benzene rings is 2. The molecule has 1 aliphatic rings. The van der Waals surface area contributed by atoms with Gasteiger partial charge >= 0.3 is 0 Å². The van der Waals surface area contributed by atoms with Crippen molar-refractivity contribution in [3.63, 3.8) is 0 Å². The highest BCUT2D eigenvalue weighted by molar-refractivity contribution is 5.97. The highest BCUT2D eigenvalue weighted by atomic mass is 19.1. The van der Waals surface area contributed by atoms with Gasteiger partial charge in [-0.1, -0.05) is 26.0 Å². The van der Waals surface area contributed by atoms with Gasteiger partial charge in [-0.15, -0.1) is 0 Å². The molecular weight excluding hydrogens is 377 g/mol. The highest BCUT2D eigenvalue weighted by Gasteiger charge is 2.28. The summed E-state index contributed by atoms with van der Waals surface area (Å²) < 4.78 is 13.5. The molecule has 0 aliphatic heterocycles. The molecule has 4 nitrogen and oxygen atoms in total. The van der Waals surface area contributed by atoms with Crippen molar-refractivity contribution < 1.29 is 9.18 Å². The molecule has 5 heteroatoms. The molecule has 0 unspecified atom stereocenters. The Kier molecular flexibility index (Phi) is 7.48. The van der Waals surface area contributed by atoms with E-state index in [2.05, 4.69) is 55.3 Å². The average Bonchev–Trinajstić information content (AvgIpc) is 3.57. The zero-order valence-corrected chi connectivity index (χ0v) is 18.6. The lowest BCUT2D eigenvalue weighted by molar-refractivity contribution is -0.121. The number of halogens is 1. The van der Waals surface area contributed by atoms with Crippen molar-refractivity contribution in [3.8, 4) is 0 Å². The Morgan fingerprint density at radius 1 is 1.07 bits per heavy atom. The maximum absolute atomic E-state index is 13.5. The van der Waals surface area contributed by atoms with Crippen molar-refractivity contribution in [1.82, 2.24) is 5.32 Å². The highest BCUT2D eigenvalue weighted by Crippen LogP contribution is 2.31. The van der Waals surface area contributed by atoms with Crippen molar-refractivity contribution in [2.45, 2.75) is 58.7 Å². The molecule has 0 spiro atoms. The Labute approximate surface area is 180 Å². The molecule has 1 fully saturated rings. The molecule has 1 atom stereocenters. The number of hydrogen-bond donors (Lipinski definition) is 1. The second-order valence-corrected chi connectivity index (χ2v) is 8.56. The summed E-state index contributed by atoms with van der Waals surface area (Å²) in [6.07, 6.45) is 3.28. The number of nitrogens with one attached hydrogen (secondary N) is 1. The first-order valence-electron chi connectivity index (χ1n) is 11.0. The van der Waals surface area contributed by atoms with Crippen LogP contribution >= 0.6 is 0 Å². The van der Waals surface area contributed by atoms with E-state index in [4.69, 9.17) is 0 Å². The minimum atomic E-state index is -0.303. The maximum atomic E-state index is 13.5. The van der Waals surface area contributed by atoms with Gasteiger partial charge in [0.25, 0.3) is 0 Å². The number of carbonyl (C=O) groups excluding carboxylic acids is 1. The summed E-state index contributed by atoms with van der Waals surface area (Å²) in [4.78, 5) is 17.6. The lowest BCUT2D eigenvalue weighted by Gasteiger charge is -2.29. The van der Waals surface area contributed by atoms with Crippen LogP contribution in [0.15, 0.2) is 48.5 Å². The molecule has 30 heavy (non-hydrogen) atoms. The predicted octanol–water partition coefficient (Wildman–Crippen LogP) is 4.98. The van der Waals surface area contributed by atoms with Gasteiger partial charge in [0.2, 0.25) is 5.91 Å². The first kappa shape index (κ1) is 22.3. The molecule has 1 aliphatic carbocycles. The van der Waals surface area contributed by atoms with E-state index in [1.165, 1.54) is 30.7 Å². The quantitative estimate of drug-likeness (QED) is 0.599. The second kappa shape index (κ2) is 10.1. The molecule has 0 bridgehead atoms. The third-order valence-corrected chi connectivity index (χ3v) is 5.70. The van der Waals surface area contributed by atoms with Gasteiger partial charge in [-0.05, 0) is 81.1 Å². The van der Waals surface area contributed by atoms with Gasteiger partial charge in [0, 0.05) is 24.0 Å². The molecule has 0 heterocycles. The summed E-state index contributed by atoms with van der Waals surface area (Å²) in [5, 5.41) is 3.16. The minimum absolute atomic E-state index is 0.00931. The first-order valence-corrected chi connectivity index (χ1v) is 11.0. The maximum Gasteiger partial charge on any atom is 0.244 e. The summed E-state index contributed by atoms with van der Waals surface area (Å²) in [5.74, 6) is 0.0980. The van der Waals surface area contributed by atoms with E-state index in [9.17, 15) is 9.18 Å². The van der Waals surface area contributed by atoms with Crippen LogP contribution in [0.25, 0.3) is 0 Å². The van der Waals surface area contributed by atoms with Crippen molar-refractivity contribution in [1.29, 1.82) is 0 Å². The minimum Gasteiger partial charge on any atom is -0.369 e. The van der Waals surface area contributed by atoms with E-state index < -0.39 is 0 Å². The van der Waals surface area contributed by atoms with Crippen LogP contribution in [0.3, 0.4) is 0 Å². The van der Waals surface area contributed by atoms with Gasteiger partial charge in [0.05, 0.1) is 12.6 Å². The predicted molar refractivity (Wildman–Crippen MR) is 122 cm³/mol. The molecule has 1 saturated carbocycles. The van der Waals surface area contributed by atoms with E-state index in [0.717, 1.165) is 18.5 Å². The molecule has 2 aromatic rings. The Morgan fingerprint density at radius 3 is 2.17 bits per heavy atom. The van der Waals surface area contributed by atoms with Gasteiger partial charge in [-0.3, -0.25) is 4.79 Å². The van der Waals surface area contributed by atoms with Crippen LogP contribution in [-0.2, 0) is 11.3 Å². The van der Waals surface area contributed by atoms with Crippen LogP contribution in [-0.4, -0.2) is 31.6 Å². The Balaban J connectivity index is 1.83. The van der Waals surface area contributed by atoms with E-state index in [1.54, 1.807) is 17.0 Å². The molecule has 2 aromatic carbocycles. The summed E-state index contributed by atoms with van der Waals surface area (Å²) >= 11 is 0. The molecular formula is C25H34FN3O. The molecule has 162 valence electrons. The number of anilines is 2. The lowest BCUT2D eigenvalue weighted by Crippen LogP contribution is -2.46. The van der Waals surface area contributed by atoms with E-state index in [1.807, 2.05) is 7.05 Å². The van der Waals surface area contributed by atoms with Crippen LogP contribution in [0.2, 0.25) is 0 Å². The second-order valence-electron chi connectivity index (χ2n) is 8.56. The standard InChI is InChI=1S/C25H34FN3O/c1-5-28(22-14-15-22)21-10-6-19(7-11-21)17-29(23-12-8-20(26)9-13-23)25(30)24(27-4)16-18(2)3/h6-13,18,22,24,27H,5,14-17H2,1-4H3/t24-/m0/s1. The van der Waals surface area contributed by atoms with Gasteiger partial charge in [-0.25, -0.2) is 4.39 Å². The van der Waals surface area contributed by atoms with Gasteiger partial charge in [-0.2, -0.15) is 0 Å². The number of rotatable bonds is 10. The molecule has 1 N–H and O–H groups in total. The molecule has 3 rings (SSSR count). The van der Waals surface area contributed by atoms with Gasteiger partial charge < -0.3 is 15.1 Å². The normalized spacial score (nSPS) is 14.6. The SMILES string of the molecule is CCN(c1ccc(CN(C(=O)[C@H](CC(C)C)NC)c2ccc(F)cc2)cc1)C1CC1. The van der Waals surface area contributed by atoms with E-state index in [-0.39, 0.29) is 17.8 Å². The van der Waals surface area contributed by atoms with Crippen molar-refractivity contribution in [2.75, 3.05) is 23.4 Å². The van der Waals surface area contributed by atoms with Gasteiger partial charge in [0.1, 0.15) is 5.82 Å². The van der Waals surface area contributed by atoms with Crippen molar-refractivity contribution in [3.05, 3.63) is 59.9 Å². The third kappa shape index (κ3) is 5.60. The van der Waals surface area contributed by atoms with E-state index in [0.29, 0.717) is 24.2 Å². The fourth-order valence-corrected chi connectivity index (χ4v) is 3.93. The average molecular weight is 412 g/mol. The Hall–Kier alpha value is -2.40. The fourth-order valence-electron chi connectivity index (χ4n) is 3.93. The molecule has 0 radical (unpaired) electrons. The van der Waals surface area contributed by atoms with E-state index >= 15 is 0 Å². The summed E-state index contributed by atoms with van der Waals surface area (Å²) in [5.41, 5.74) is 3.00. The summed E-state index contributed by atoms with van der Waals surface area (Å²) in [6.45, 7) is 7.86. The fraction of sp³-hybridized carbons (Fsp3) is 0.480. The Bertz CT molecular complexity index is 815. The summed E-state index contributed by atoms with van der Waals surface area (Å²) in [7, 11) is 1.82. The van der Waals surface area contributed by atoms with Crippen molar-refractivity contribution in [2.24, 2.45) is 5.92 Å². The van der Waals surface area contributed by atoms with Crippen LogP contribution in [0, 0.1) is 11.7 Å². The lowest BCUT2D eigenvalue weighted by atomic mass is 10.0. The molecule has 0 saturated heterocycles. The monoisotopic (exact) mass is 411 g/mol. The first-order chi connectivity index (χ1) is 14.4. The number of nitrogens with zero attached hydrogens (tertiary/aromatic N) is 2. The van der Waals surface area contributed by atoms with Crippen molar-refractivity contribution >= 4 is 17.3 Å². The smallest absolute Gasteiger partial charge is 0.244 e. The summed E-state index contributed by atoms with van der Waals surface area (Å²) in [6, 6.07) is 15.1. The zero-order valence-electron chi connectivity index (χ0n) is 18.6.